The van der Waals surface area contributed by atoms with Gasteiger partial charge in [-0.05, 0) is 5.56 Å². The molecule has 11 heavy (non-hydrogen) atoms. The van der Waals surface area contributed by atoms with E-state index in [-0.39, 0.29) is 17.0 Å². The van der Waals surface area contributed by atoms with Crippen LogP contribution in [0.4, 0.5) is 0 Å². The van der Waals surface area contributed by atoms with Crippen LogP contribution in [0.2, 0.25) is 0 Å². The maximum atomic E-state index is 4.97. The van der Waals surface area contributed by atoms with E-state index in [0.717, 1.165) is 0 Å². The second kappa shape index (κ2) is 6.34. The second-order valence-corrected chi connectivity index (χ2v) is 1.98. The second-order valence-electron chi connectivity index (χ2n) is 1.98. The maximum Gasteiger partial charge on any atom is 0.0932 e. The van der Waals surface area contributed by atoms with E-state index in [2.05, 4.69) is 5.48 Å². The molecule has 0 spiro atoms. The van der Waals surface area contributed by atoms with E-state index in [1.54, 1.807) is 7.05 Å². The number of halogens is 1. The third kappa shape index (κ3) is 4.14. The minimum absolute atomic E-state index is 0. The predicted octanol–water partition coefficient (Wildman–Crippen LogP) is 1.92. The first-order valence-corrected chi connectivity index (χ1v) is 3.26. The van der Waals surface area contributed by atoms with E-state index in [9.17, 15) is 0 Å². The minimum Gasteiger partial charge on any atom is -0.297 e. The molecule has 0 unspecified atom stereocenters. The summed E-state index contributed by atoms with van der Waals surface area (Å²) in [6.45, 7) is 0.622. The van der Waals surface area contributed by atoms with E-state index < -0.39 is 0 Å². The molecule has 2 nitrogen and oxygen atoms in total. The summed E-state index contributed by atoms with van der Waals surface area (Å²) >= 11 is 0. The summed E-state index contributed by atoms with van der Waals surface area (Å²) in [7, 11) is 1.75. The summed E-state index contributed by atoms with van der Waals surface area (Å²) in [6.07, 6.45) is 0. The summed E-state index contributed by atoms with van der Waals surface area (Å²) < 4.78 is 0. The average Bonchev–Trinajstić information content (AvgIpc) is 2.03. The van der Waals surface area contributed by atoms with E-state index in [1.165, 1.54) is 5.56 Å². The molecule has 1 N–H and O–H groups in total. The van der Waals surface area contributed by atoms with Gasteiger partial charge in [-0.1, -0.05) is 30.3 Å². The van der Waals surface area contributed by atoms with Gasteiger partial charge in [-0.2, -0.15) is 0 Å². The Bertz CT molecular complexity index is 179. The summed E-state index contributed by atoms with van der Waals surface area (Å²) in [4.78, 5) is 4.97. The number of benzene rings is 1. The first-order valence-electron chi connectivity index (χ1n) is 3.26. The van der Waals surface area contributed by atoms with E-state index in [4.69, 9.17) is 4.84 Å². The topological polar surface area (TPSA) is 21.3 Å². The molecule has 0 aliphatic heterocycles. The van der Waals surface area contributed by atoms with Crippen molar-refractivity contribution < 1.29 is 4.84 Å². The molecule has 0 saturated heterocycles. The number of hydrogen-bond acceptors (Lipinski definition) is 2. The monoisotopic (exact) mass is 217 g/mol. The van der Waals surface area contributed by atoms with Gasteiger partial charge in [0.1, 0.15) is 0 Å². The number of rotatable bonds is 3. The third-order valence-corrected chi connectivity index (χ3v) is 1.23. The standard InChI is InChI=1S/C8H11NO.BrH/c1-9-10-7-8-5-3-2-4-6-8;/h2-6,9H,7H2,1H3;1H. The number of hydroxylamine groups is 1. The smallest absolute Gasteiger partial charge is 0.0932 e. The van der Waals surface area contributed by atoms with Crippen LogP contribution in [0.1, 0.15) is 5.56 Å². The largest absolute Gasteiger partial charge is 0.297 e. The van der Waals surface area contributed by atoms with Crippen LogP contribution < -0.4 is 5.48 Å². The quantitative estimate of drug-likeness (QED) is 0.782. The van der Waals surface area contributed by atoms with Gasteiger partial charge in [-0.15, -0.1) is 17.0 Å². The van der Waals surface area contributed by atoms with Crippen molar-refractivity contribution in [2.24, 2.45) is 0 Å². The van der Waals surface area contributed by atoms with Crippen LogP contribution in [0.5, 0.6) is 0 Å². The average molecular weight is 218 g/mol. The summed E-state index contributed by atoms with van der Waals surface area (Å²) in [5, 5.41) is 0. The normalized spacial score (nSPS) is 8.82. The SMILES string of the molecule is Br.CNOCc1ccccc1. The molecule has 0 bridgehead atoms. The highest BCUT2D eigenvalue weighted by atomic mass is 79.9. The highest BCUT2D eigenvalue weighted by Gasteiger charge is 1.86. The zero-order valence-electron chi connectivity index (χ0n) is 6.41. The Kier molecular flexibility index (Phi) is 6.12. The van der Waals surface area contributed by atoms with Gasteiger partial charge in [-0.25, -0.2) is 5.48 Å². The van der Waals surface area contributed by atoms with Crippen molar-refractivity contribution in [3.05, 3.63) is 35.9 Å². The molecule has 3 heteroatoms. The fraction of sp³-hybridized carbons (Fsp3) is 0.250. The Morgan fingerprint density at radius 1 is 1.27 bits per heavy atom. The molecule has 62 valence electrons. The van der Waals surface area contributed by atoms with Crippen molar-refractivity contribution in [1.82, 2.24) is 5.48 Å². The summed E-state index contributed by atoms with van der Waals surface area (Å²) in [5.41, 5.74) is 3.79. The van der Waals surface area contributed by atoms with Gasteiger partial charge in [0.2, 0.25) is 0 Å². The Balaban J connectivity index is 0.000001000. The number of hydrogen-bond donors (Lipinski definition) is 1. The molecule has 0 aliphatic rings. The van der Waals surface area contributed by atoms with Crippen LogP contribution in [0.15, 0.2) is 30.3 Å². The molecule has 0 aliphatic carbocycles. The highest BCUT2D eigenvalue weighted by Crippen LogP contribution is 1.98. The molecule has 1 rings (SSSR count). The molecule has 0 fully saturated rings. The fourth-order valence-corrected chi connectivity index (χ4v) is 0.730. The molecule has 0 amide bonds. The highest BCUT2D eigenvalue weighted by molar-refractivity contribution is 8.93. The minimum atomic E-state index is 0. The van der Waals surface area contributed by atoms with Gasteiger partial charge < -0.3 is 0 Å². The predicted molar refractivity (Wildman–Crippen MR) is 50.6 cm³/mol. The van der Waals surface area contributed by atoms with Crippen LogP contribution in [0, 0.1) is 0 Å². The van der Waals surface area contributed by atoms with E-state index >= 15 is 0 Å². The van der Waals surface area contributed by atoms with Crippen LogP contribution in [-0.2, 0) is 11.4 Å². The lowest BCUT2D eigenvalue weighted by atomic mass is 10.2. The molecule has 1 aromatic carbocycles. The molecular weight excluding hydrogens is 206 g/mol. The van der Waals surface area contributed by atoms with E-state index in [0.29, 0.717) is 6.61 Å². The van der Waals surface area contributed by atoms with Crippen molar-refractivity contribution in [2.75, 3.05) is 7.05 Å². The Morgan fingerprint density at radius 2 is 1.91 bits per heavy atom. The van der Waals surface area contributed by atoms with Crippen molar-refractivity contribution in [3.63, 3.8) is 0 Å². The zero-order chi connectivity index (χ0) is 7.23. The molecule has 0 heterocycles. The van der Waals surface area contributed by atoms with Gasteiger partial charge >= 0.3 is 0 Å². The summed E-state index contributed by atoms with van der Waals surface area (Å²) in [5.74, 6) is 0. The molecule has 0 aromatic heterocycles. The lowest BCUT2D eigenvalue weighted by Gasteiger charge is -1.99. The van der Waals surface area contributed by atoms with Crippen LogP contribution in [0.25, 0.3) is 0 Å². The van der Waals surface area contributed by atoms with Gasteiger partial charge in [0.15, 0.2) is 0 Å². The van der Waals surface area contributed by atoms with Crippen molar-refractivity contribution >= 4 is 17.0 Å². The van der Waals surface area contributed by atoms with Gasteiger partial charge in [0, 0.05) is 7.05 Å². The first kappa shape index (κ1) is 10.6. The third-order valence-electron chi connectivity index (χ3n) is 1.23. The van der Waals surface area contributed by atoms with Crippen LogP contribution >= 0.6 is 17.0 Å². The maximum absolute atomic E-state index is 4.97. The van der Waals surface area contributed by atoms with Gasteiger partial charge in [0.25, 0.3) is 0 Å². The van der Waals surface area contributed by atoms with Crippen molar-refractivity contribution in [2.45, 2.75) is 6.61 Å². The lowest BCUT2D eigenvalue weighted by molar-refractivity contribution is 0.0444. The van der Waals surface area contributed by atoms with Crippen molar-refractivity contribution in [3.8, 4) is 0 Å². The van der Waals surface area contributed by atoms with Gasteiger partial charge in [-0.3, -0.25) is 4.84 Å². The Morgan fingerprint density at radius 3 is 2.45 bits per heavy atom. The molecule has 0 saturated carbocycles. The van der Waals surface area contributed by atoms with Crippen LogP contribution in [-0.4, -0.2) is 7.05 Å². The van der Waals surface area contributed by atoms with Gasteiger partial charge in [0.05, 0.1) is 6.61 Å². The Hall–Kier alpha value is -0.380. The first-order chi connectivity index (χ1) is 4.93. The molecule has 0 radical (unpaired) electrons. The molecule has 1 aromatic rings. The Labute approximate surface area is 77.3 Å². The van der Waals surface area contributed by atoms with Crippen molar-refractivity contribution in [1.29, 1.82) is 0 Å². The lowest BCUT2D eigenvalue weighted by Crippen LogP contribution is -2.06. The fourth-order valence-electron chi connectivity index (χ4n) is 0.730. The molecular formula is C8H12BrNO. The van der Waals surface area contributed by atoms with Crippen LogP contribution in [0.3, 0.4) is 0 Å². The van der Waals surface area contributed by atoms with E-state index in [1.807, 2.05) is 30.3 Å². The summed E-state index contributed by atoms with van der Waals surface area (Å²) in [6, 6.07) is 10.0. The molecule has 0 atom stereocenters. The number of nitrogens with one attached hydrogen (secondary N) is 1. The zero-order valence-corrected chi connectivity index (χ0v) is 8.12.